The van der Waals surface area contributed by atoms with Gasteiger partial charge in [0.2, 0.25) is 0 Å². The summed E-state index contributed by atoms with van der Waals surface area (Å²) in [7, 11) is 0. The molecule has 1 amide bonds. The van der Waals surface area contributed by atoms with E-state index in [-0.39, 0.29) is 5.69 Å². The van der Waals surface area contributed by atoms with Crippen molar-refractivity contribution in [2.75, 3.05) is 5.32 Å². The maximum absolute atomic E-state index is 12.1. The normalized spacial score (nSPS) is 10.8. The number of benzene rings is 2. The molecule has 0 aliphatic carbocycles. The third-order valence-corrected chi connectivity index (χ3v) is 2.75. The number of nitrogens with zero attached hydrogens (tertiary/aromatic N) is 1. The van der Waals surface area contributed by atoms with Gasteiger partial charge in [0.15, 0.2) is 0 Å². The Hall–Kier alpha value is -2.81. The summed E-state index contributed by atoms with van der Waals surface area (Å²) in [5.41, 5.74) is 2.18. The van der Waals surface area contributed by atoms with Crippen molar-refractivity contribution in [1.82, 2.24) is 0 Å². The van der Waals surface area contributed by atoms with Crippen molar-refractivity contribution < 1.29 is 18.0 Å². The molecule has 6 heteroatoms. The highest BCUT2D eigenvalue weighted by Gasteiger charge is 2.38. The Morgan fingerprint density at radius 2 is 1.43 bits per heavy atom. The highest BCUT2D eigenvalue weighted by molar-refractivity contribution is 5.95. The second-order valence-corrected chi connectivity index (χ2v) is 4.22. The van der Waals surface area contributed by atoms with Crippen LogP contribution in [0.4, 0.5) is 18.9 Å². The number of amides is 1. The first kappa shape index (κ1) is 14.6. The molecule has 3 nitrogen and oxygen atoms in total. The van der Waals surface area contributed by atoms with Crippen LogP contribution in [0.3, 0.4) is 0 Å². The molecule has 106 valence electrons. The quantitative estimate of drug-likeness (QED) is 0.916. The largest absolute Gasteiger partial charge is 0.471 e. The fourth-order valence-corrected chi connectivity index (χ4v) is 1.69. The van der Waals surface area contributed by atoms with Gasteiger partial charge in [0, 0.05) is 5.69 Å². The number of hydrogen-bond donors (Lipinski definition) is 1. The Kier molecular flexibility index (Phi) is 3.94. The number of nitrogens with one attached hydrogen (secondary N) is 1. The van der Waals surface area contributed by atoms with Crippen LogP contribution in [-0.2, 0) is 4.79 Å². The van der Waals surface area contributed by atoms with E-state index in [0.717, 1.165) is 11.1 Å². The molecule has 0 fully saturated rings. The number of anilines is 1. The zero-order valence-electron chi connectivity index (χ0n) is 10.6. The van der Waals surface area contributed by atoms with E-state index < -0.39 is 12.1 Å². The summed E-state index contributed by atoms with van der Waals surface area (Å²) in [4.78, 5) is 10.8. The zero-order valence-corrected chi connectivity index (χ0v) is 10.6. The summed E-state index contributed by atoms with van der Waals surface area (Å²) in [6, 6.07) is 14.7. The minimum Gasteiger partial charge on any atom is -0.318 e. The van der Waals surface area contributed by atoms with Crippen molar-refractivity contribution in [1.29, 1.82) is 5.26 Å². The van der Waals surface area contributed by atoms with Crippen LogP contribution in [0.5, 0.6) is 0 Å². The predicted octanol–water partition coefficient (Wildman–Crippen LogP) is 3.73. The van der Waals surface area contributed by atoms with E-state index in [0.29, 0.717) is 5.56 Å². The number of carbonyl (C=O) groups excluding carboxylic acids is 1. The number of hydrogen-bond acceptors (Lipinski definition) is 2. The first-order chi connectivity index (χ1) is 9.90. The van der Waals surface area contributed by atoms with Gasteiger partial charge in [-0.3, -0.25) is 4.79 Å². The number of nitriles is 1. The minimum atomic E-state index is -4.91. The van der Waals surface area contributed by atoms with E-state index >= 15 is 0 Å². The molecule has 0 unspecified atom stereocenters. The van der Waals surface area contributed by atoms with Gasteiger partial charge >= 0.3 is 12.1 Å². The van der Waals surface area contributed by atoms with Gasteiger partial charge in [-0.1, -0.05) is 24.3 Å². The molecular formula is C15H9F3N2O. The Morgan fingerprint density at radius 1 is 0.952 bits per heavy atom. The van der Waals surface area contributed by atoms with Gasteiger partial charge in [-0.25, -0.2) is 0 Å². The van der Waals surface area contributed by atoms with Gasteiger partial charge in [0.25, 0.3) is 0 Å². The van der Waals surface area contributed by atoms with Crippen LogP contribution in [0.2, 0.25) is 0 Å². The second-order valence-electron chi connectivity index (χ2n) is 4.22. The summed E-state index contributed by atoms with van der Waals surface area (Å²) >= 11 is 0. The van der Waals surface area contributed by atoms with Crippen molar-refractivity contribution in [3.05, 3.63) is 54.1 Å². The van der Waals surface area contributed by atoms with Crippen molar-refractivity contribution in [3.63, 3.8) is 0 Å². The van der Waals surface area contributed by atoms with Crippen LogP contribution in [0.1, 0.15) is 5.56 Å². The lowest BCUT2D eigenvalue weighted by Crippen LogP contribution is -2.29. The molecule has 0 aliphatic heterocycles. The first-order valence-electron chi connectivity index (χ1n) is 5.89. The SMILES string of the molecule is N#Cc1ccc(-c2ccc(NC(=O)C(F)(F)F)cc2)cc1. The molecule has 2 aromatic carbocycles. The number of rotatable bonds is 2. The molecule has 0 bridgehead atoms. The molecule has 2 rings (SSSR count). The van der Waals surface area contributed by atoms with Gasteiger partial charge in [0.05, 0.1) is 11.6 Å². The Bertz CT molecular complexity index is 683. The second kappa shape index (κ2) is 5.67. The fourth-order valence-electron chi connectivity index (χ4n) is 1.69. The fraction of sp³-hybridized carbons (Fsp3) is 0.0667. The lowest BCUT2D eigenvalue weighted by atomic mass is 10.0. The molecule has 0 spiro atoms. The molecule has 0 aromatic heterocycles. The predicted molar refractivity (Wildman–Crippen MR) is 71.3 cm³/mol. The van der Waals surface area contributed by atoms with Gasteiger partial charge in [-0.2, -0.15) is 18.4 Å². The van der Waals surface area contributed by atoms with E-state index in [1.54, 1.807) is 41.7 Å². The smallest absolute Gasteiger partial charge is 0.318 e. The topological polar surface area (TPSA) is 52.9 Å². The van der Waals surface area contributed by atoms with Crippen LogP contribution >= 0.6 is 0 Å². The average molecular weight is 290 g/mol. The lowest BCUT2D eigenvalue weighted by Gasteiger charge is -2.08. The van der Waals surface area contributed by atoms with Gasteiger partial charge in [-0.05, 0) is 35.4 Å². The number of alkyl halides is 3. The molecule has 21 heavy (non-hydrogen) atoms. The van der Waals surface area contributed by atoms with E-state index in [1.807, 2.05) is 6.07 Å². The average Bonchev–Trinajstić information content (AvgIpc) is 2.47. The van der Waals surface area contributed by atoms with Crippen LogP contribution < -0.4 is 5.32 Å². The van der Waals surface area contributed by atoms with Crippen molar-refractivity contribution in [2.24, 2.45) is 0 Å². The summed E-state index contributed by atoms with van der Waals surface area (Å²) in [6.07, 6.45) is -4.91. The van der Waals surface area contributed by atoms with Crippen molar-refractivity contribution >= 4 is 11.6 Å². The van der Waals surface area contributed by atoms with Crippen LogP contribution in [-0.4, -0.2) is 12.1 Å². The molecule has 0 saturated heterocycles. The summed E-state index contributed by atoms with van der Waals surface area (Å²) in [6.45, 7) is 0. The van der Waals surface area contributed by atoms with E-state index in [1.165, 1.54) is 12.1 Å². The van der Waals surface area contributed by atoms with E-state index in [2.05, 4.69) is 0 Å². The zero-order chi connectivity index (χ0) is 15.5. The van der Waals surface area contributed by atoms with Gasteiger partial charge in [0.1, 0.15) is 0 Å². The van der Waals surface area contributed by atoms with Crippen LogP contribution in [0, 0.1) is 11.3 Å². The van der Waals surface area contributed by atoms with Crippen molar-refractivity contribution in [3.8, 4) is 17.2 Å². The van der Waals surface area contributed by atoms with Crippen LogP contribution in [0.25, 0.3) is 11.1 Å². The Morgan fingerprint density at radius 3 is 1.86 bits per heavy atom. The minimum absolute atomic E-state index is 0.0646. The lowest BCUT2D eigenvalue weighted by molar-refractivity contribution is -0.167. The molecular weight excluding hydrogens is 281 g/mol. The summed E-state index contributed by atoms with van der Waals surface area (Å²) in [5.74, 6) is -2.01. The van der Waals surface area contributed by atoms with E-state index in [4.69, 9.17) is 5.26 Å². The molecule has 2 aromatic rings. The molecule has 0 heterocycles. The van der Waals surface area contributed by atoms with Crippen molar-refractivity contribution in [2.45, 2.75) is 6.18 Å². The monoisotopic (exact) mass is 290 g/mol. The molecule has 0 atom stereocenters. The first-order valence-corrected chi connectivity index (χ1v) is 5.89. The maximum Gasteiger partial charge on any atom is 0.471 e. The highest BCUT2D eigenvalue weighted by atomic mass is 19.4. The van der Waals surface area contributed by atoms with Crippen LogP contribution in [0.15, 0.2) is 48.5 Å². The van der Waals surface area contributed by atoms with Gasteiger partial charge < -0.3 is 5.32 Å². The molecule has 0 saturated carbocycles. The number of halogens is 3. The summed E-state index contributed by atoms with van der Waals surface area (Å²) < 4.78 is 36.3. The Labute approximate surface area is 118 Å². The third-order valence-electron chi connectivity index (χ3n) is 2.75. The summed E-state index contributed by atoms with van der Waals surface area (Å²) in [5, 5.41) is 10.5. The Balaban J connectivity index is 2.15. The highest BCUT2D eigenvalue weighted by Crippen LogP contribution is 2.23. The van der Waals surface area contributed by atoms with Gasteiger partial charge in [-0.15, -0.1) is 0 Å². The van der Waals surface area contributed by atoms with E-state index in [9.17, 15) is 18.0 Å². The maximum atomic E-state index is 12.1. The standard InChI is InChI=1S/C15H9F3N2O/c16-15(17,18)14(21)20-13-7-5-12(6-8-13)11-3-1-10(9-19)2-4-11/h1-8H,(H,20,21). The third kappa shape index (κ3) is 3.60. The molecule has 0 radical (unpaired) electrons. The molecule has 0 aliphatic rings. The number of carbonyl (C=O) groups is 1. The molecule has 1 N–H and O–H groups in total.